The zero-order chi connectivity index (χ0) is 10.5. The van der Waals surface area contributed by atoms with Crippen LogP contribution in [0.2, 0.25) is 0 Å². The van der Waals surface area contributed by atoms with Crippen molar-refractivity contribution < 1.29 is 9.47 Å². The number of hydrogen-bond acceptors (Lipinski definition) is 4. The lowest BCUT2D eigenvalue weighted by Crippen LogP contribution is -2.49. The van der Waals surface area contributed by atoms with E-state index in [1.165, 1.54) is 0 Å². The van der Waals surface area contributed by atoms with Gasteiger partial charge in [0.25, 0.3) is 0 Å². The van der Waals surface area contributed by atoms with Crippen molar-refractivity contribution in [2.75, 3.05) is 52.6 Å². The van der Waals surface area contributed by atoms with Crippen LogP contribution in [0, 0.1) is 12.8 Å². The van der Waals surface area contributed by atoms with Crippen molar-refractivity contribution in [3.05, 3.63) is 6.92 Å². The topological polar surface area (TPSA) is 33.7 Å². The highest BCUT2D eigenvalue weighted by Gasteiger charge is 2.22. The average Bonchev–Trinajstić information content (AvgIpc) is 2.31. The average molecular weight is 213 g/mol. The molecule has 0 aromatic rings. The van der Waals surface area contributed by atoms with Gasteiger partial charge in [-0.15, -0.1) is 0 Å². The minimum atomic E-state index is 0.406. The second kappa shape index (κ2) is 5.80. The smallest absolute Gasteiger partial charge is 0.0623 e. The third kappa shape index (κ3) is 3.41. The van der Waals surface area contributed by atoms with Crippen molar-refractivity contribution >= 4 is 0 Å². The summed E-state index contributed by atoms with van der Waals surface area (Å²) in [6.07, 6.45) is 0. The van der Waals surface area contributed by atoms with E-state index in [0.717, 1.165) is 52.6 Å². The zero-order valence-electron chi connectivity index (χ0n) is 9.28. The lowest BCUT2D eigenvalue weighted by atomic mass is 10.0. The molecule has 2 heterocycles. The number of hydrogen-bond donors (Lipinski definition) is 1. The maximum absolute atomic E-state index is 5.45. The van der Waals surface area contributed by atoms with Crippen LogP contribution in [-0.2, 0) is 9.47 Å². The summed E-state index contributed by atoms with van der Waals surface area (Å²) in [4.78, 5) is 2.43. The van der Waals surface area contributed by atoms with Gasteiger partial charge >= 0.3 is 0 Å². The van der Waals surface area contributed by atoms with Crippen LogP contribution in [0.4, 0.5) is 0 Å². The van der Waals surface area contributed by atoms with Crippen LogP contribution < -0.4 is 5.32 Å². The highest BCUT2D eigenvalue weighted by Crippen LogP contribution is 2.09. The molecule has 2 unspecified atom stereocenters. The number of nitrogens with one attached hydrogen (secondary N) is 1. The van der Waals surface area contributed by atoms with E-state index in [1.807, 2.05) is 0 Å². The Kier molecular flexibility index (Phi) is 4.38. The molecule has 87 valence electrons. The molecule has 4 heteroatoms. The molecule has 15 heavy (non-hydrogen) atoms. The van der Waals surface area contributed by atoms with Gasteiger partial charge in [0.1, 0.15) is 0 Å². The van der Waals surface area contributed by atoms with Gasteiger partial charge in [0.05, 0.1) is 26.4 Å². The van der Waals surface area contributed by atoms with E-state index in [4.69, 9.17) is 9.47 Å². The molecule has 2 aliphatic heterocycles. The van der Waals surface area contributed by atoms with Crippen molar-refractivity contribution in [3.8, 4) is 0 Å². The maximum atomic E-state index is 5.45. The molecule has 0 amide bonds. The van der Waals surface area contributed by atoms with Gasteiger partial charge in [-0.05, 0) is 12.8 Å². The molecule has 2 rings (SSSR count). The SMILES string of the molecule is [CH2]C(CN1CCOCC1)C1COCCN1. The summed E-state index contributed by atoms with van der Waals surface area (Å²) in [5.41, 5.74) is 0. The second-order valence-electron chi connectivity index (χ2n) is 4.31. The van der Waals surface area contributed by atoms with Crippen LogP contribution in [0.3, 0.4) is 0 Å². The van der Waals surface area contributed by atoms with Gasteiger partial charge in [0.2, 0.25) is 0 Å². The third-order valence-electron chi connectivity index (χ3n) is 3.12. The number of ether oxygens (including phenoxy) is 2. The predicted molar refractivity (Wildman–Crippen MR) is 58.7 cm³/mol. The van der Waals surface area contributed by atoms with Gasteiger partial charge in [-0.2, -0.15) is 0 Å². The van der Waals surface area contributed by atoms with Gasteiger partial charge in [0, 0.05) is 32.2 Å². The van der Waals surface area contributed by atoms with Crippen LogP contribution in [-0.4, -0.2) is 63.5 Å². The number of nitrogens with zero attached hydrogens (tertiary/aromatic N) is 1. The highest BCUT2D eigenvalue weighted by molar-refractivity contribution is 4.83. The summed E-state index contributed by atoms with van der Waals surface area (Å²) in [5, 5.41) is 3.46. The summed E-state index contributed by atoms with van der Waals surface area (Å²) in [5.74, 6) is 0.406. The van der Waals surface area contributed by atoms with E-state index in [1.54, 1.807) is 0 Å². The van der Waals surface area contributed by atoms with Crippen molar-refractivity contribution in [2.24, 2.45) is 5.92 Å². The first-order chi connectivity index (χ1) is 7.36. The minimum Gasteiger partial charge on any atom is -0.379 e. The zero-order valence-corrected chi connectivity index (χ0v) is 9.28. The van der Waals surface area contributed by atoms with E-state index in [9.17, 15) is 0 Å². The molecule has 0 aromatic carbocycles. The maximum Gasteiger partial charge on any atom is 0.0623 e. The number of rotatable bonds is 3. The molecule has 2 atom stereocenters. The summed E-state index contributed by atoms with van der Waals surface area (Å²) < 4.78 is 10.8. The van der Waals surface area contributed by atoms with Gasteiger partial charge in [0.15, 0.2) is 0 Å². The Morgan fingerprint density at radius 3 is 2.73 bits per heavy atom. The number of morpholine rings is 2. The molecule has 0 aliphatic carbocycles. The fourth-order valence-corrected chi connectivity index (χ4v) is 2.13. The summed E-state index contributed by atoms with van der Waals surface area (Å²) in [7, 11) is 0. The Balaban J connectivity index is 1.72. The van der Waals surface area contributed by atoms with Gasteiger partial charge < -0.3 is 14.8 Å². The van der Waals surface area contributed by atoms with Crippen LogP contribution in [0.25, 0.3) is 0 Å². The molecular formula is C11H21N2O2. The third-order valence-corrected chi connectivity index (χ3v) is 3.12. The van der Waals surface area contributed by atoms with Crippen LogP contribution in [0.1, 0.15) is 0 Å². The molecule has 2 aliphatic rings. The Hall–Kier alpha value is -0.160. The Bertz CT molecular complexity index is 177. The largest absolute Gasteiger partial charge is 0.379 e. The molecule has 0 saturated carbocycles. The van der Waals surface area contributed by atoms with Crippen molar-refractivity contribution in [1.29, 1.82) is 0 Å². The lowest BCUT2D eigenvalue weighted by Gasteiger charge is -2.34. The Labute approximate surface area is 91.9 Å². The van der Waals surface area contributed by atoms with Gasteiger partial charge in [-0.3, -0.25) is 4.90 Å². The molecule has 4 nitrogen and oxygen atoms in total. The van der Waals surface area contributed by atoms with Crippen molar-refractivity contribution in [3.63, 3.8) is 0 Å². The molecule has 1 N–H and O–H groups in total. The fourth-order valence-electron chi connectivity index (χ4n) is 2.13. The lowest BCUT2D eigenvalue weighted by molar-refractivity contribution is 0.0192. The van der Waals surface area contributed by atoms with Crippen molar-refractivity contribution in [2.45, 2.75) is 6.04 Å². The Morgan fingerprint density at radius 2 is 2.07 bits per heavy atom. The van der Waals surface area contributed by atoms with Crippen molar-refractivity contribution in [1.82, 2.24) is 10.2 Å². The predicted octanol–water partition coefficient (Wildman–Crippen LogP) is -0.243. The molecule has 1 radical (unpaired) electrons. The summed E-state index contributed by atoms with van der Waals surface area (Å²) in [6.45, 7) is 11.7. The molecule has 0 bridgehead atoms. The summed E-state index contributed by atoms with van der Waals surface area (Å²) >= 11 is 0. The van der Waals surface area contributed by atoms with E-state index in [-0.39, 0.29) is 0 Å². The standard InChI is InChI=1S/C11H21N2O2/c1-10(11-9-15-5-2-12-11)8-13-3-6-14-7-4-13/h10-12H,1-9H2. The van der Waals surface area contributed by atoms with Gasteiger partial charge in [-0.25, -0.2) is 0 Å². The first-order valence-electron chi connectivity index (χ1n) is 5.80. The fraction of sp³-hybridized carbons (Fsp3) is 0.909. The molecule has 0 aromatic heterocycles. The normalized spacial score (nSPS) is 31.4. The first-order valence-corrected chi connectivity index (χ1v) is 5.80. The minimum absolute atomic E-state index is 0.406. The molecule has 2 fully saturated rings. The monoisotopic (exact) mass is 213 g/mol. The molecule has 2 saturated heterocycles. The van der Waals surface area contributed by atoms with E-state index in [0.29, 0.717) is 12.0 Å². The van der Waals surface area contributed by atoms with Crippen LogP contribution in [0.15, 0.2) is 0 Å². The van der Waals surface area contributed by atoms with E-state index < -0.39 is 0 Å². The quantitative estimate of drug-likeness (QED) is 0.701. The van der Waals surface area contributed by atoms with Crippen LogP contribution in [0.5, 0.6) is 0 Å². The van der Waals surface area contributed by atoms with E-state index >= 15 is 0 Å². The van der Waals surface area contributed by atoms with Crippen LogP contribution >= 0.6 is 0 Å². The van der Waals surface area contributed by atoms with Gasteiger partial charge in [-0.1, -0.05) is 0 Å². The first kappa shape index (κ1) is 11.3. The molecule has 0 spiro atoms. The Morgan fingerprint density at radius 1 is 1.27 bits per heavy atom. The highest BCUT2D eigenvalue weighted by atomic mass is 16.5. The summed E-state index contributed by atoms with van der Waals surface area (Å²) in [6, 6.07) is 0.418. The molecular weight excluding hydrogens is 192 g/mol. The second-order valence-corrected chi connectivity index (χ2v) is 4.31. The van der Waals surface area contributed by atoms with E-state index in [2.05, 4.69) is 17.1 Å².